The summed E-state index contributed by atoms with van der Waals surface area (Å²) in [6.45, 7) is 7.10. The summed E-state index contributed by atoms with van der Waals surface area (Å²) in [5, 5.41) is 11.3. The lowest BCUT2D eigenvalue weighted by atomic mass is 9.72. The largest absolute Gasteiger partial charge is 0.490 e. The molecule has 0 N–H and O–H groups in total. The number of likely N-dealkylation sites (tertiary alicyclic amines) is 1. The number of ether oxygens (including phenoxy) is 2. The van der Waals surface area contributed by atoms with Gasteiger partial charge in [0.15, 0.2) is 5.75 Å². The molecule has 2 aromatic rings. The molecule has 168 valence electrons. The molecule has 1 amide bonds. The lowest BCUT2D eigenvalue weighted by Crippen LogP contribution is -2.62. The maximum absolute atomic E-state index is 12.4. The lowest BCUT2D eigenvalue weighted by molar-refractivity contribution is -0.385. The molecule has 2 aliphatic heterocycles. The van der Waals surface area contributed by atoms with E-state index in [1.807, 2.05) is 30.3 Å². The summed E-state index contributed by atoms with van der Waals surface area (Å²) in [7, 11) is 1.44. The van der Waals surface area contributed by atoms with Crippen LogP contribution >= 0.6 is 0 Å². The fraction of sp³-hybridized carbons (Fsp3) is 0.375. The minimum Gasteiger partial charge on any atom is -0.490 e. The standard InChI is InChI=1S/C24H27N3O5/c1-3-19-13-21(27(29)30)22(31-2)14-20(19)25-11-9-24(10-12-25)16-26(17-24)23(28)32-15-18-7-5-4-6-8-18/h3-8,13-14H,1,9-12,15-17H2,2H3. The molecule has 0 aliphatic carbocycles. The van der Waals surface area contributed by atoms with Crippen molar-refractivity contribution in [1.29, 1.82) is 0 Å². The van der Waals surface area contributed by atoms with Gasteiger partial charge in [-0.25, -0.2) is 4.79 Å². The molecule has 8 nitrogen and oxygen atoms in total. The molecule has 0 aromatic heterocycles. The second kappa shape index (κ2) is 8.90. The summed E-state index contributed by atoms with van der Waals surface area (Å²) in [5.74, 6) is 0.242. The first kappa shape index (κ1) is 21.7. The summed E-state index contributed by atoms with van der Waals surface area (Å²) in [5.41, 5.74) is 2.62. The molecule has 0 radical (unpaired) electrons. The number of nitro groups is 1. The smallest absolute Gasteiger partial charge is 0.410 e. The minimum absolute atomic E-state index is 0.0664. The van der Waals surface area contributed by atoms with Crippen LogP contribution in [0.5, 0.6) is 5.75 Å². The highest BCUT2D eigenvalue weighted by atomic mass is 16.6. The van der Waals surface area contributed by atoms with Gasteiger partial charge >= 0.3 is 11.8 Å². The zero-order chi connectivity index (χ0) is 22.7. The normalized spacial score (nSPS) is 16.9. The Hall–Kier alpha value is -3.55. The number of nitrogens with zero attached hydrogens (tertiary/aromatic N) is 3. The second-order valence-corrected chi connectivity index (χ2v) is 8.43. The van der Waals surface area contributed by atoms with E-state index in [2.05, 4.69) is 11.5 Å². The average Bonchev–Trinajstić information content (AvgIpc) is 2.80. The summed E-state index contributed by atoms with van der Waals surface area (Å²) in [4.78, 5) is 27.2. The monoisotopic (exact) mass is 437 g/mol. The van der Waals surface area contributed by atoms with Gasteiger partial charge in [-0.3, -0.25) is 10.1 Å². The van der Waals surface area contributed by atoms with Gasteiger partial charge in [0.1, 0.15) is 6.61 Å². The molecule has 0 bridgehead atoms. The molecule has 0 saturated carbocycles. The van der Waals surface area contributed by atoms with Crippen LogP contribution in [-0.4, -0.2) is 49.2 Å². The number of amides is 1. The van der Waals surface area contributed by atoms with Crippen molar-refractivity contribution < 1.29 is 19.2 Å². The van der Waals surface area contributed by atoms with E-state index in [1.165, 1.54) is 13.2 Å². The van der Waals surface area contributed by atoms with Gasteiger partial charge in [0.25, 0.3) is 0 Å². The Morgan fingerprint density at radius 1 is 1.22 bits per heavy atom. The summed E-state index contributed by atoms with van der Waals surface area (Å²) in [6.07, 6.45) is 3.24. The van der Waals surface area contributed by atoms with E-state index in [1.54, 1.807) is 17.0 Å². The average molecular weight is 437 g/mol. The van der Waals surface area contributed by atoms with Crippen molar-refractivity contribution in [2.24, 2.45) is 5.41 Å². The zero-order valence-corrected chi connectivity index (χ0v) is 18.2. The SMILES string of the molecule is C=Cc1cc([N+](=O)[O-])c(OC)cc1N1CCC2(CC1)CN(C(=O)OCc1ccccc1)C2. The van der Waals surface area contributed by atoms with E-state index in [0.717, 1.165) is 37.2 Å². The number of rotatable bonds is 6. The highest BCUT2D eigenvalue weighted by Crippen LogP contribution is 2.43. The first-order chi connectivity index (χ1) is 15.4. The fourth-order valence-electron chi connectivity index (χ4n) is 4.56. The highest BCUT2D eigenvalue weighted by Gasteiger charge is 2.47. The Labute approximate surface area is 187 Å². The third-order valence-corrected chi connectivity index (χ3v) is 6.43. The van der Waals surface area contributed by atoms with E-state index in [0.29, 0.717) is 18.7 Å². The number of carbonyl (C=O) groups is 1. The van der Waals surface area contributed by atoms with E-state index in [-0.39, 0.29) is 29.6 Å². The Kier molecular flexibility index (Phi) is 6.03. The van der Waals surface area contributed by atoms with Crippen LogP contribution in [0.15, 0.2) is 49.0 Å². The fourth-order valence-corrected chi connectivity index (χ4v) is 4.56. The van der Waals surface area contributed by atoms with Crippen LogP contribution in [0.2, 0.25) is 0 Å². The number of hydrogen-bond donors (Lipinski definition) is 0. The molecule has 0 atom stereocenters. The van der Waals surface area contributed by atoms with E-state index in [9.17, 15) is 14.9 Å². The molecular formula is C24H27N3O5. The summed E-state index contributed by atoms with van der Waals surface area (Å²) in [6, 6.07) is 12.9. The first-order valence-corrected chi connectivity index (χ1v) is 10.6. The quantitative estimate of drug-likeness (QED) is 0.489. The van der Waals surface area contributed by atoms with Crippen LogP contribution in [0, 0.1) is 15.5 Å². The zero-order valence-electron chi connectivity index (χ0n) is 18.2. The van der Waals surface area contributed by atoms with Gasteiger partial charge in [-0.1, -0.05) is 43.0 Å². The molecule has 2 heterocycles. The van der Waals surface area contributed by atoms with Gasteiger partial charge in [-0.2, -0.15) is 0 Å². The second-order valence-electron chi connectivity index (χ2n) is 8.43. The first-order valence-electron chi connectivity index (χ1n) is 10.6. The Morgan fingerprint density at radius 3 is 2.50 bits per heavy atom. The summed E-state index contributed by atoms with van der Waals surface area (Å²) >= 11 is 0. The van der Waals surface area contributed by atoms with Crippen LogP contribution in [0.3, 0.4) is 0 Å². The number of methoxy groups -OCH3 is 1. The van der Waals surface area contributed by atoms with Crippen molar-refractivity contribution >= 4 is 23.5 Å². The van der Waals surface area contributed by atoms with Gasteiger partial charge in [0, 0.05) is 55.0 Å². The van der Waals surface area contributed by atoms with Crippen molar-refractivity contribution in [2.45, 2.75) is 19.4 Å². The van der Waals surface area contributed by atoms with E-state index < -0.39 is 4.92 Å². The van der Waals surface area contributed by atoms with Crippen LogP contribution in [-0.2, 0) is 11.3 Å². The number of benzene rings is 2. The van der Waals surface area contributed by atoms with Crippen molar-refractivity contribution in [3.63, 3.8) is 0 Å². The third kappa shape index (κ3) is 4.26. The van der Waals surface area contributed by atoms with Gasteiger partial charge < -0.3 is 19.3 Å². The topological polar surface area (TPSA) is 85.2 Å². The van der Waals surface area contributed by atoms with Gasteiger partial charge in [-0.05, 0) is 18.4 Å². The number of carbonyl (C=O) groups excluding carboxylic acids is 1. The summed E-state index contributed by atoms with van der Waals surface area (Å²) < 4.78 is 10.7. The number of nitro benzene ring substituents is 1. The van der Waals surface area contributed by atoms with E-state index in [4.69, 9.17) is 9.47 Å². The van der Waals surface area contributed by atoms with Gasteiger partial charge in [0.2, 0.25) is 0 Å². The van der Waals surface area contributed by atoms with Crippen molar-refractivity contribution in [3.8, 4) is 5.75 Å². The van der Waals surface area contributed by atoms with Crippen LogP contribution in [0.1, 0.15) is 24.0 Å². The molecule has 32 heavy (non-hydrogen) atoms. The molecule has 0 unspecified atom stereocenters. The van der Waals surface area contributed by atoms with Crippen LogP contribution in [0.25, 0.3) is 6.08 Å². The Balaban J connectivity index is 1.34. The van der Waals surface area contributed by atoms with Crippen molar-refractivity contribution in [2.75, 3.05) is 38.2 Å². The predicted molar refractivity (Wildman–Crippen MR) is 122 cm³/mol. The number of anilines is 1. The van der Waals surface area contributed by atoms with E-state index >= 15 is 0 Å². The predicted octanol–water partition coefficient (Wildman–Crippen LogP) is 4.49. The van der Waals surface area contributed by atoms with Crippen molar-refractivity contribution in [3.05, 3.63) is 70.3 Å². The molecule has 2 aliphatic rings. The highest BCUT2D eigenvalue weighted by molar-refractivity contribution is 5.74. The molecule has 1 spiro atoms. The maximum Gasteiger partial charge on any atom is 0.410 e. The molecule has 2 fully saturated rings. The lowest BCUT2D eigenvalue weighted by Gasteiger charge is -2.53. The van der Waals surface area contributed by atoms with Gasteiger partial charge in [-0.15, -0.1) is 0 Å². The molecule has 2 aromatic carbocycles. The van der Waals surface area contributed by atoms with Crippen LogP contribution in [0.4, 0.5) is 16.2 Å². The minimum atomic E-state index is -0.444. The molecule has 8 heteroatoms. The number of piperidine rings is 1. The maximum atomic E-state index is 12.4. The molecular weight excluding hydrogens is 410 g/mol. The Morgan fingerprint density at radius 2 is 1.91 bits per heavy atom. The van der Waals surface area contributed by atoms with Crippen molar-refractivity contribution in [1.82, 2.24) is 4.90 Å². The molecule has 4 rings (SSSR count). The van der Waals surface area contributed by atoms with Crippen LogP contribution < -0.4 is 9.64 Å². The molecule has 2 saturated heterocycles. The number of hydrogen-bond acceptors (Lipinski definition) is 6. The van der Waals surface area contributed by atoms with Gasteiger partial charge in [0.05, 0.1) is 12.0 Å². The third-order valence-electron chi connectivity index (χ3n) is 6.43. The Bertz CT molecular complexity index is 1010.